The second kappa shape index (κ2) is 5.90. The van der Waals surface area contributed by atoms with E-state index in [1.54, 1.807) is 0 Å². The minimum atomic E-state index is 0.689. The average molecular weight is 335 g/mol. The highest BCUT2D eigenvalue weighted by atomic mass is 79.9. The van der Waals surface area contributed by atoms with Crippen LogP contribution >= 0.6 is 15.9 Å². The Morgan fingerprint density at radius 3 is 2.90 bits per heavy atom. The zero-order valence-corrected chi connectivity index (χ0v) is 13.9. The molecule has 1 aromatic carbocycles. The van der Waals surface area contributed by atoms with Gasteiger partial charge in [-0.25, -0.2) is 0 Å². The molecule has 108 valence electrons. The minimum Gasteiger partial charge on any atom is -0.350 e. The van der Waals surface area contributed by atoms with Gasteiger partial charge in [0.2, 0.25) is 0 Å². The van der Waals surface area contributed by atoms with Crippen LogP contribution in [0.1, 0.15) is 31.2 Å². The van der Waals surface area contributed by atoms with E-state index >= 15 is 0 Å². The van der Waals surface area contributed by atoms with Crippen LogP contribution in [0.2, 0.25) is 0 Å². The summed E-state index contributed by atoms with van der Waals surface area (Å²) in [5.74, 6) is 0.781. The number of aryl methyl sites for hydroxylation is 1. The first-order chi connectivity index (χ1) is 9.69. The molecule has 2 atom stereocenters. The van der Waals surface area contributed by atoms with Crippen molar-refractivity contribution in [3.05, 3.63) is 34.4 Å². The maximum Gasteiger partial charge on any atom is 0.0491 e. The highest BCUT2D eigenvalue weighted by Gasteiger charge is 2.24. The van der Waals surface area contributed by atoms with Crippen molar-refractivity contribution in [3.8, 4) is 0 Å². The van der Waals surface area contributed by atoms with Crippen LogP contribution in [0.4, 0.5) is 0 Å². The summed E-state index contributed by atoms with van der Waals surface area (Å²) in [6, 6.07) is 7.32. The fourth-order valence-corrected chi connectivity index (χ4v) is 4.07. The van der Waals surface area contributed by atoms with E-state index in [1.807, 2.05) is 0 Å². The van der Waals surface area contributed by atoms with Crippen LogP contribution in [-0.2, 0) is 13.5 Å². The van der Waals surface area contributed by atoms with E-state index in [-0.39, 0.29) is 0 Å². The largest absolute Gasteiger partial charge is 0.350 e. The number of hydrogen-bond donors (Lipinski definition) is 1. The van der Waals surface area contributed by atoms with Crippen LogP contribution in [0.15, 0.2) is 28.9 Å². The molecule has 0 radical (unpaired) electrons. The molecule has 1 saturated carbocycles. The van der Waals surface area contributed by atoms with Gasteiger partial charge in [0, 0.05) is 34.7 Å². The highest BCUT2D eigenvalue weighted by Crippen LogP contribution is 2.31. The number of fused-ring (bicyclic) bond motifs is 1. The van der Waals surface area contributed by atoms with Gasteiger partial charge in [-0.3, -0.25) is 0 Å². The fourth-order valence-electron chi connectivity index (χ4n) is 3.72. The summed E-state index contributed by atoms with van der Waals surface area (Å²) in [5.41, 5.74) is 2.83. The molecule has 0 saturated heterocycles. The third kappa shape index (κ3) is 2.66. The second-order valence-electron chi connectivity index (χ2n) is 6.07. The van der Waals surface area contributed by atoms with Crippen molar-refractivity contribution >= 4 is 26.8 Å². The molecular formula is C17H23BrN2. The number of halogens is 1. The lowest BCUT2D eigenvalue weighted by molar-refractivity contribution is 0.273. The number of benzene rings is 1. The zero-order chi connectivity index (χ0) is 14.1. The Morgan fingerprint density at radius 2 is 2.10 bits per heavy atom. The van der Waals surface area contributed by atoms with Gasteiger partial charge in [-0.15, -0.1) is 0 Å². The maximum atomic E-state index is 3.57. The molecule has 3 rings (SSSR count). The summed E-state index contributed by atoms with van der Waals surface area (Å²) < 4.78 is 3.41. The number of nitrogens with one attached hydrogen (secondary N) is 1. The molecule has 2 unspecified atom stereocenters. The molecule has 1 aliphatic rings. The van der Waals surface area contributed by atoms with Crippen molar-refractivity contribution in [2.45, 2.75) is 38.1 Å². The van der Waals surface area contributed by atoms with E-state index < -0.39 is 0 Å². The average Bonchev–Trinajstić information content (AvgIpc) is 2.75. The topological polar surface area (TPSA) is 17.0 Å². The standard InChI is InChI=1S/C17H23BrN2/c1-19-16-6-4-3-5-12(16)9-13-11-20(2)17-10-14(18)7-8-15(13)17/h7-8,10-12,16,19H,3-6,9H2,1-2H3. The number of rotatable bonds is 3. The molecule has 1 N–H and O–H groups in total. The van der Waals surface area contributed by atoms with E-state index in [2.05, 4.69) is 64.3 Å². The number of hydrogen-bond acceptors (Lipinski definition) is 1. The van der Waals surface area contributed by atoms with Gasteiger partial charge in [0.05, 0.1) is 0 Å². The lowest BCUT2D eigenvalue weighted by atomic mass is 9.81. The van der Waals surface area contributed by atoms with Gasteiger partial charge in [0.15, 0.2) is 0 Å². The van der Waals surface area contributed by atoms with E-state index in [1.165, 1.54) is 48.6 Å². The van der Waals surface area contributed by atoms with Gasteiger partial charge in [-0.2, -0.15) is 0 Å². The van der Waals surface area contributed by atoms with Crippen molar-refractivity contribution in [2.24, 2.45) is 13.0 Å². The van der Waals surface area contributed by atoms with Gasteiger partial charge in [0.25, 0.3) is 0 Å². The van der Waals surface area contributed by atoms with E-state index in [9.17, 15) is 0 Å². The van der Waals surface area contributed by atoms with Crippen LogP contribution in [0.5, 0.6) is 0 Å². The quantitative estimate of drug-likeness (QED) is 0.887. The van der Waals surface area contributed by atoms with E-state index in [0.717, 1.165) is 10.4 Å². The van der Waals surface area contributed by atoms with Gasteiger partial charge >= 0.3 is 0 Å². The predicted octanol–water partition coefficient (Wildman–Crippen LogP) is 4.26. The number of aromatic nitrogens is 1. The Bertz CT molecular complexity index is 602. The predicted molar refractivity (Wildman–Crippen MR) is 89.1 cm³/mol. The molecule has 2 nitrogen and oxygen atoms in total. The normalized spacial score (nSPS) is 23.4. The van der Waals surface area contributed by atoms with Gasteiger partial charge in [-0.1, -0.05) is 34.8 Å². The van der Waals surface area contributed by atoms with Gasteiger partial charge in [-0.05, 0) is 49.9 Å². The summed E-state index contributed by atoms with van der Waals surface area (Å²) in [4.78, 5) is 0. The SMILES string of the molecule is CNC1CCCCC1Cc1cn(C)c2cc(Br)ccc12. The van der Waals surface area contributed by atoms with Crippen LogP contribution < -0.4 is 5.32 Å². The Labute approximate surface area is 129 Å². The Morgan fingerprint density at radius 1 is 1.30 bits per heavy atom. The Balaban J connectivity index is 1.90. The lowest BCUT2D eigenvalue weighted by Gasteiger charge is -2.31. The Hall–Kier alpha value is -0.800. The molecule has 0 spiro atoms. The first kappa shape index (κ1) is 14.2. The molecule has 1 aliphatic carbocycles. The molecule has 2 aromatic rings. The molecule has 0 bridgehead atoms. The zero-order valence-electron chi connectivity index (χ0n) is 12.3. The Kier molecular flexibility index (Phi) is 4.18. The first-order valence-corrected chi connectivity index (χ1v) is 8.39. The lowest BCUT2D eigenvalue weighted by Crippen LogP contribution is -2.37. The summed E-state index contributed by atoms with van der Waals surface area (Å²) in [5, 5.41) is 4.94. The summed E-state index contributed by atoms with van der Waals surface area (Å²) in [7, 11) is 4.26. The number of nitrogens with zero attached hydrogens (tertiary/aromatic N) is 1. The van der Waals surface area contributed by atoms with Crippen molar-refractivity contribution in [1.29, 1.82) is 0 Å². The molecule has 1 fully saturated rings. The molecule has 0 amide bonds. The van der Waals surface area contributed by atoms with Gasteiger partial charge < -0.3 is 9.88 Å². The summed E-state index contributed by atoms with van der Waals surface area (Å²) in [6.45, 7) is 0. The molecule has 1 heterocycles. The molecule has 20 heavy (non-hydrogen) atoms. The monoisotopic (exact) mass is 334 g/mol. The minimum absolute atomic E-state index is 0.689. The van der Waals surface area contributed by atoms with E-state index in [4.69, 9.17) is 0 Å². The third-order valence-electron chi connectivity index (χ3n) is 4.80. The highest BCUT2D eigenvalue weighted by molar-refractivity contribution is 9.10. The summed E-state index contributed by atoms with van der Waals surface area (Å²) in [6.07, 6.45) is 8.97. The fraction of sp³-hybridized carbons (Fsp3) is 0.529. The third-order valence-corrected chi connectivity index (χ3v) is 5.29. The van der Waals surface area contributed by atoms with Crippen molar-refractivity contribution in [1.82, 2.24) is 9.88 Å². The maximum absolute atomic E-state index is 3.57. The van der Waals surface area contributed by atoms with Crippen molar-refractivity contribution in [2.75, 3.05) is 7.05 Å². The first-order valence-electron chi connectivity index (χ1n) is 7.60. The smallest absolute Gasteiger partial charge is 0.0491 e. The molecule has 0 aliphatic heterocycles. The summed E-state index contributed by atoms with van der Waals surface area (Å²) >= 11 is 3.57. The molecule has 3 heteroatoms. The molecular weight excluding hydrogens is 312 g/mol. The van der Waals surface area contributed by atoms with Gasteiger partial charge in [0.1, 0.15) is 0 Å². The van der Waals surface area contributed by atoms with Crippen LogP contribution in [-0.4, -0.2) is 17.7 Å². The van der Waals surface area contributed by atoms with Crippen molar-refractivity contribution < 1.29 is 0 Å². The van der Waals surface area contributed by atoms with Crippen LogP contribution in [0, 0.1) is 5.92 Å². The second-order valence-corrected chi connectivity index (χ2v) is 6.99. The molecule has 1 aromatic heterocycles. The van der Waals surface area contributed by atoms with Crippen LogP contribution in [0.25, 0.3) is 10.9 Å². The van der Waals surface area contributed by atoms with Crippen molar-refractivity contribution in [3.63, 3.8) is 0 Å². The van der Waals surface area contributed by atoms with E-state index in [0.29, 0.717) is 6.04 Å². The van der Waals surface area contributed by atoms with Crippen LogP contribution in [0.3, 0.4) is 0 Å².